The van der Waals surface area contributed by atoms with E-state index in [1.807, 2.05) is 35.9 Å². The Morgan fingerprint density at radius 1 is 1.24 bits per heavy atom. The third kappa shape index (κ3) is 5.21. The Morgan fingerprint density at radius 3 is 2.64 bits per heavy atom. The van der Waals surface area contributed by atoms with Crippen molar-refractivity contribution in [2.45, 2.75) is 33.5 Å². The Bertz CT molecular complexity index is 726. The van der Waals surface area contributed by atoms with Crippen LogP contribution in [0.1, 0.15) is 22.5 Å². The predicted molar refractivity (Wildman–Crippen MR) is 102 cm³/mol. The first-order chi connectivity index (χ1) is 12.1. The molecule has 1 aromatic carbocycles. The predicted octanol–water partition coefficient (Wildman–Crippen LogP) is 2.66. The van der Waals surface area contributed by atoms with E-state index in [1.54, 1.807) is 14.2 Å². The monoisotopic (exact) mass is 363 g/mol. The van der Waals surface area contributed by atoms with Crippen molar-refractivity contribution in [3.8, 4) is 0 Å². The number of nitrogens with one attached hydrogen (secondary N) is 2. The van der Waals surface area contributed by atoms with Crippen molar-refractivity contribution in [2.24, 2.45) is 4.99 Å². The molecule has 0 amide bonds. The van der Waals surface area contributed by atoms with E-state index in [0.29, 0.717) is 19.7 Å². The van der Waals surface area contributed by atoms with Crippen LogP contribution < -0.4 is 10.6 Å². The maximum atomic E-state index is 6.19. The lowest BCUT2D eigenvalue weighted by atomic mass is 10.2. The molecule has 0 unspecified atom stereocenters. The molecule has 1 heterocycles. The summed E-state index contributed by atoms with van der Waals surface area (Å²) < 4.78 is 7.11. The molecule has 2 aromatic rings. The lowest BCUT2D eigenvalue weighted by Crippen LogP contribution is -2.36. The number of ether oxygens (including phenoxy) is 1. The molecule has 6 nitrogen and oxygen atoms in total. The first-order valence-electron chi connectivity index (χ1n) is 8.26. The highest BCUT2D eigenvalue weighted by Crippen LogP contribution is 2.15. The second-order valence-electron chi connectivity index (χ2n) is 5.74. The minimum atomic E-state index is 0.615. The van der Waals surface area contributed by atoms with Crippen LogP contribution in [0.4, 0.5) is 0 Å². The van der Waals surface area contributed by atoms with Gasteiger partial charge in [0, 0.05) is 43.5 Å². The Labute approximate surface area is 154 Å². The van der Waals surface area contributed by atoms with Gasteiger partial charge in [-0.3, -0.25) is 9.67 Å². The third-order valence-corrected chi connectivity index (χ3v) is 4.47. The topological polar surface area (TPSA) is 63.5 Å². The molecule has 0 saturated carbocycles. The molecule has 1 aromatic heterocycles. The summed E-state index contributed by atoms with van der Waals surface area (Å²) in [6.07, 6.45) is 0. The third-order valence-electron chi connectivity index (χ3n) is 4.10. The van der Waals surface area contributed by atoms with Crippen molar-refractivity contribution in [2.75, 3.05) is 20.8 Å². The molecular weight excluding hydrogens is 338 g/mol. The molecular formula is C18H26ClN5O. The fourth-order valence-corrected chi connectivity index (χ4v) is 2.80. The summed E-state index contributed by atoms with van der Waals surface area (Å²) in [7, 11) is 3.45. The number of aryl methyl sites for hydroxylation is 1. The minimum Gasteiger partial charge on any atom is -0.383 e. The lowest BCUT2D eigenvalue weighted by molar-refractivity contribution is 0.182. The van der Waals surface area contributed by atoms with E-state index in [4.69, 9.17) is 16.3 Å². The largest absolute Gasteiger partial charge is 0.383 e. The molecule has 0 aliphatic heterocycles. The van der Waals surface area contributed by atoms with Gasteiger partial charge in [0.05, 0.1) is 18.8 Å². The van der Waals surface area contributed by atoms with Crippen LogP contribution in [0.2, 0.25) is 5.02 Å². The van der Waals surface area contributed by atoms with E-state index in [-0.39, 0.29) is 0 Å². The Hall–Kier alpha value is -2.05. The number of benzene rings is 1. The molecule has 7 heteroatoms. The summed E-state index contributed by atoms with van der Waals surface area (Å²) in [6.45, 7) is 6.77. The molecule has 0 spiro atoms. The lowest BCUT2D eigenvalue weighted by Gasteiger charge is -2.13. The second kappa shape index (κ2) is 9.44. The van der Waals surface area contributed by atoms with Gasteiger partial charge >= 0.3 is 0 Å². The zero-order chi connectivity index (χ0) is 18.2. The minimum absolute atomic E-state index is 0.615. The number of nitrogens with zero attached hydrogens (tertiary/aromatic N) is 3. The van der Waals surface area contributed by atoms with Crippen LogP contribution in [0, 0.1) is 13.8 Å². The molecule has 0 atom stereocenters. The molecule has 2 rings (SSSR count). The van der Waals surface area contributed by atoms with E-state index in [1.165, 1.54) is 5.56 Å². The highest BCUT2D eigenvalue weighted by atomic mass is 35.5. The number of rotatable bonds is 7. The maximum absolute atomic E-state index is 6.19. The van der Waals surface area contributed by atoms with Gasteiger partial charge in [0.25, 0.3) is 0 Å². The molecule has 0 fully saturated rings. The number of aromatic nitrogens is 2. The van der Waals surface area contributed by atoms with Gasteiger partial charge in [0.15, 0.2) is 5.96 Å². The van der Waals surface area contributed by atoms with E-state index in [2.05, 4.69) is 27.6 Å². The normalized spacial score (nSPS) is 11.6. The van der Waals surface area contributed by atoms with Gasteiger partial charge < -0.3 is 15.4 Å². The average Bonchev–Trinajstić information content (AvgIpc) is 2.88. The van der Waals surface area contributed by atoms with Crippen molar-refractivity contribution < 1.29 is 4.74 Å². The number of methoxy groups -OCH3 is 1. The molecule has 2 N–H and O–H groups in total. The Kier molecular flexibility index (Phi) is 7.28. The van der Waals surface area contributed by atoms with Crippen LogP contribution in [0.3, 0.4) is 0 Å². The van der Waals surface area contributed by atoms with Gasteiger partial charge in [-0.2, -0.15) is 5.10 Å². The zero-order valence-electron chi connectivity index (χ0n) is 15.3. The van der Waals surface area contributed by atoms with Gasteiger partial charge in [0.1, 0.15) is 0 Å². The van der Waals surface area contributed by atoms with Crippen LogP contribution in [-0.2, 0) is 24.4 Å². The van der Waals surface area contributed by atoms with E-state index >= 15 is 0 Å². The Morgan fingerprint density at radius 2 is 1.96 bits per heavy atom. The number of hydrogen-bond acceptors (Lipinski definition) is 3. The van der Waals surface area contributed by atoms with E-state index in [0.717, 1.165) is 34.5 Å². The first kappa shape index (κ1) is 19.3. The van der Waals surface area contributed by atoms with Crippen LogP contribution in [0.25, 0.3) is 0 Å². The highest BCUT2D eigenvalue weighted by Gasteiger charge is 2.12. The van der Waals surface area contributed by atoms with Gasteiger partial charge in [0.2, 0.25) is 0 Å². The summed E-state index contributed by atoms with van der Waals surface area (Å²) in [5, 5.41) is 11.9. The molecule has 0 saturated heterocycles. The molecule has 0 aliphatic rings. The standard InChI is InChI=1S/C18H26ClN5O/c1-13-16(14(2)24(23-13)9-10-25-4)12-22-18(20-3)21-11-15-7-5-6-8-17(15)19/h5-8H,9-12H2,1-4H3,(H2,20,21,22). The number of guanidine groups is 1. The van der Waals surface area contributed by atoms with Gasteiger partial charge in [-0.05, 0) is 25.5 Å². The van der Waals surface area contributed by atoms with E-state index < -0.39 is 0 Å². The number of aliphatic imine (C=N–C) groups is 1. The summed E-state index contributed by atoms with van der Waals surface area (Å²) >= 11 is 6.19. The Balaban J connectivity index is 1.95. The van der Waals surface area contributed by atoms with Crippen molar-refractivity contribution in [3.05, 3.63) is 51.8 Å². The molecule has 0 aliphatic carbocycles. The smallest absolute Gasteiger partial charge is 0.191 e. The van der Waals surface area contributed by atoms with Crippen molar-refractivity contribution in [1.29, 1.82) is 0 Å². The first-order valence-corrected chi connectivity index (χ1v) is 8.64. The highest BCUT2D eigenvalue weighted by molar-refractivity contribution is 6.31. The van der Waals surface area contributed by atoms with Gasteiger partial charge in [-0.25, -0.2) is 0 Å². The van der Waals surface area contributed by atoms with Crippen LogP contribution in [-0.4, -0.2) is 36.5 Å². The molecule has 0 bridgehead atoms. The maximum Gasteiger partial charge on any atom is 0.191 e. The van der Waals surface area contributed by atoms with Crippen LogP contribution in [0.5, 0.6) is 0 Å². The van der Waals surface area contributed by atoms with Crippen LogP contribution >= 0.6 is 11.6 Å². The summed E-state index contributed by atoms with van der Waals surface area (Å²) in [4.78, 5) is 4.27. The quantitative estimate of drug-likeness (QED) is 0.586. The van der Waals surface area contributed by atoms with E-state index in [9.17, 15) is 0 Å². The summed E-state index contributed by atoms with van der Waals surface area (Å²) in [6, 6.07) is 7.78. The SMILES string of the molecule is CN=C(NCc1ccccc1Cl)NCc1c(C)nn(CCOC)c1C. The van der Waals surface area contributed by atoms with Crippen molar-refractivity contribution in [3.63, 3.8) is 0 Å². The average molecular weight is 364 g/mol. The van der Waals surface area contributed by atoms with Gasteiger partial charge in [-0.15, -0.1) is 0 Å². The fraction of sp³-hybridized carbons (Fsp3) is 0.444. The van der Waals surface area contributed by atoms with Crippen LogP contribution in [0.15, 0.2) is 29.3 Å². The number of hydrogen-bond donors (Lipinski definition) is 2. The van der Waals surface area contributed by atoms with Gasteiger partial charge in [-0.1, -0.05) is 29.8 Å². The zero-order valence-corrected chi connectivity index (χ0v) is 16.0. The molecule has 136 valence electrons. The van der Waals surface area contributed by atoms with Crippen molar-refractivity contribution >= 4 is 17.6 Å². The fourth-order valence-electron chi connectivity index (χ4n) is 2.60. The second-order valence-corrected chi connectivity index (χ2v) is 6.14. The molecule has 25 heavy (non-hydrogen) atoms. The molecule has 0 radical (unpaired) electrons. The number of halogens is 1. The van der Waals surface area contributed by atoms with Crippen molar-refractivity contribution in [1.82, 2.24) is 20.4 Å². The summed E-state index contributed by atoms with van der Waals surface area (Å²) in [5.41, 5.74) is 4.37. The summed E-state index contributed by atoms with van der Waals surface area (Å²) in [5.74, 6) is 0.725.